The van der Waals surface area contributed by atoms with Crippen LogP contribution in [-0.4, -0.2) is 29.1 Å². The fourth-order valence-electron chi connectivity index (χ4n) is 1.84. The van der Waals surface area contributed by atoms with Gasteiger partial charge in [0.2, 0.25) is 0 Å². The van der Waals surface area contributed by atoms with Crippen molar-refractivity contribution in [2.75, 3.05) is 18.1 Å². The molecule has 1 aromatic rings. The third kappa shape index (κ3) is 2.23. The summed E-state index contributed by atoms with van der Waals surface area (Å²) in [5, 5.41) is 9.04. The van der Waals surface area contributed by atoms with Crippen LogP contribution < -0.4 is 5.73 Å². The number of carbonyl (C=O) groups is 1. The summed E-state index contributed by atoms with van der Waals surface area (Å²) in [5.74, 6) is 1.46. The summed E-state index contributed by atoms with van der Waals surface area (Å²) < 4.78 is 0. The fraction of sp³-hybridized carbons (Fsp3) is 0.417. The van der Waals surface area contributed by atoms with Gasteiger partial charge in [-0.25, -0.2) is 0 Å². The monoisotopic (exact) mass is 237 g/mol. The summed E-state index contributed by atoms with van der Waals surface area (Å²) in [6, 6.07) is 7.85. The van der Waals surface area contributed by atoms with Crippen molar-refractivity contribution in [3.63, 3.8) is 0 Å². The van der Waals surface area contributed by atoms with Crippen LogP contribution in [0.3, 0.4) is 0 Å². The Morgan fingerprint density at radius 3 is 2.81 bits per heavy atom. The van der Waals surface area contributed by atoms with E-state index in [0.29, 0.717) is 5.92 Å². The summed E-state index contributed by atoms with van der Waals surface area (Å²) >= 11 is 1.93. The van der Waals surface area contributed by atoms with Gasteiger partial charge >= 0.3 is 5.97 Å². The van der Waals surface area contributed by atoms with E-state index in [0.717, 1.165) is 17.1 Å². The molecule has 1 aliphatic rings. The van der Waals surface area contributed by atoms with E-state index < -0.39 is 11.9 Å². The lowest BCUT2D eigenvalue weighted by molar-refractivity contribution is -0.138. The quantitative estimate of drug-likeness (QED) is 0.835. The molecule has 4 heteroatoms. The van der Waals surface area contributed by atoms with Gasteiger partial charge in [-0.3, -0.25) is 4.79 Å². The summed E-state index contributed by atoms with van der Waals surface area (Å²) in [4.78, 5) is 11.0. The van der Waals surface area contributed by atoms with E-state index in [4.69, 9.17) is 10.8 Å². The molecular formula is C12H15NO2S. The third-order valence-electron chi connectivity index (χ3n) is 2.96. The Hall–Kier alpha value is -1.00. The first-order valence-corrected chi connectivity index (χ1v) is 6.48. The van der Waals surface area contributed by atoms with Crippen molar-refractivity contribution in [1.29, 1.82) is 0 Å². The number of hydrogen-bond donors (Lipinski definition) is 2. The van der Waals surface area contributed by atoms with Crippen LogP contribution >= 0.6 is 11.8 Å². The van der Waals surface area contributed by atoms with E-state index in [-0.39, 0.29) is 6.54 Å². The number of hydrogen-bond acceptors (Lipinski definition) is 3. The van der Waals surface area contributed by atoms with Crippen LogP contribution in [-0.2, 0) is 4.79 Å². The molecule has 1 unspecified atom stereocenters. The molecule has 1 atom stereocenters. The van der Waals surface area contributed by atoms with Crippen LogP contribution in [0.15, 0.2) is 24.3 Å². The highest BCUT2D eigenvalue weighted by Gasteiger charge is 2.23. The SMILES string of the molecule is NCC(C(=O)O)c1cccc(C2CSC2)c1. The summed E-state index contributed by atoms with van der Waals surface area (Å²) in [6.07, 6.45) is 0. The van der Waals surface area contributed by atoms with Gasteiger partial charge in [-0.05, 0) is 11.1 Å². The van der Waals surface area contributed by atoms with Gasteiger partial charge in [0.25, 0.3) is 0 Å². The Morgan fingerprint density at radius 2 is 2.31 bits per heavy atom. The molecule has 0 aromatic heterocycles. The zero-order valence-corrected chi connectivity index (χ0v) is 9.74. The van der Waals surface area contributed by atoms with Crippen LogP contribution in [0, 0.1) is 0 Å². The number of carboxylic acids is 1. The fourth-order valence-corrected chi connectivity index (χ4v) is 2.69. The largest absolute Gasteiger partial charge is 0.481 e. The average molecular weight is 237 g/mol. The second-order valence-electron chi connectivity index (χ2n) is 4.03. The molecule has 0 saturated carbocycles. The zero-order valence-electron chi connectivity index (χ0n) is 8.93. The standard InChI is InChI=1S/C12H15NO2S/c13-5-11(12(14)15)9-3-1-2-8(4-9)10-6-16-7-10/h1-4,10-11H,5-7,13H2,(H,14,15). The lowest BCUT2D eigenvalue weighted by Gasteiger charge is -2.26. The highest BCUT2D eigenvalue weighted by atomic mass is 32.2. The van der Waals surface area contributed by atoms with E-state index >= 15 is 0 Å². The second-order valence-corrected chi connectivity index (χ2v) is 5.11. The van der Waals surface area contributed by atoms with Crippen molar-refractivity contribution < 1.29 is 9.90 Å². The van der Waals surface area contributed by atoms with E-state index in [1.165, 1.54) is 5.56 Å². The number of carboxylic acid groups (broad SMARTS) is 1. The molecule has 0 amide bonds. The predicted molar refractivity (Wildman–Crippen MR) is 65.9 cm³/mol. The van der Waals surface area contributed by atoms with Crippen molar-refractivity contribution in [3.8, 4) is 0 Å². The van der Waals surface area contributed by atoms with Crippen LogP contribution in [0.4, 0.5) is 0 Å². The van der Waals surface area contributed by atoms with Crippen LogP contribution in [0.5, 0.6) is 0 Å². The Kier molecular flexibility index (Phi) is 3.51. The first-order chi connectivity index (χ1) is 7.72. The molecule has 0 aliphatic carbocycles. The maximum Gasteiger partial charge on any atom is 0.312 e. The average Bonchev–Trinajstić information content (AvgIpc) is 2.16. The molecule has 1 aromatic carbocycles. The number of rotatable bonds is 4. The Bertz CT molecular complexity index is 390. The summed E-state index contributed by atoms with van der Waals surface area (Å²) in [5.41, 5.74) is 7.56. The van der Waals surface area contributed by atoms with Crippen LogP contribution in [0.25, 0.3) is 0 Å². The number of thioether (sulfide) groups is 1. The molecule has 0 bridgehead atoms. The summed E-state index contributed by atoms with van der Waals surface area (Å²) in [7, 11) is 0. The van der Waals surface area contributed by atoms with Crippen LogP contribution in [0.1, 0.15) is 23.0 Å². The van der Waals surface area contributed by atoms with Gasteiger partial charge in [0.15, 0.2) is 0 Å². The maximum absolute atomic E-state index is 11.0. The van der Waals surface area contributed by atoms with Crippen LogP contribution in [0.2, 0.25) is 0 Å². The molecule has 3 nitrogen and oxygen atoms in total. The lowest BCUT2D eigenvalue weighted by atomic mass is 9.93. The molecule has 1 heterocycles. The minimum absolute atomic E-state index is 0.151. The van der Waals surface area contributed by atoms with Gasteiger partial charge in [0.1, 0.15) is 0 Å². The topological polar surface area (TPSA) is 63.3 Å². The van der Waals surface area contributed by atoms with Crippen molar-refractivity contribution in [3.05, 3.63) is 35.4 Å². The molecule has 3 N–H and O–H groups in total. The van der Waals surface area contributed by atoms with E-state index in [2.05, 4.69) is 6.07 Å². The predicted octanol–water partition coefficient (Wildman–Crippen LogP) is 1.64. The third-order valence-corrected chi connectivity index (χ3v) is 4.23. The Balaban J connectivity index is 2.23. The minimum Gasteiger partial charge on any atom is -0.481 e. The van der Waals surface area contributed by atoms with Crippen molar-refractivity contribution in [2.45, 2.75) is 11.8 Å². The second kappa shape index (κ2) is 4.89. The minimum atomic E-state index is -0.845. The number of benzene rings is 1. The molecule has 16 heavy (non-hydrogen) atoms. The van der Waals surface area contributed by atoms with Crippen molar-refractivity contribution >= 4 is 17.7 Å². The van der Waals surface area contributed by atoms with Gasteiger partial charge in [-0.1, -0.05) is 24.3 Å². The molecule has 0 radical (unpaired) electrons. The van der Waals surface area contributed by atoms with Gasteiger partial charge in [-0.2, -0.15) is 11.8 Å². The highest BCUT2D eigenvalue weighted by molar-refractivity contribution is 8.00. The molecule has 1 fully saturated rings. The molecule has 1 saturated heterocycles. The van der Waals surface area contributed by atoms with Crippen molar-refractivity contribution in [2.24, 2.45) is 5.73 Å². The smallest absolute Gasteiger partial charge is 0.312 e. The van der Waals surface area contributed by atoms with Gasteiger partial charge in [0.05, 0.1) is 5.92 Å². The number of nitrogens with two attached hydrogens (primary N) is 1. The lowest BCUT2D eigenvalue weighted by Crippen LogP contribution is -2.22. The Morgan fingerprint density at radius 1 is 1.56 bits per heavy atom. The van der Waals surface area contributed by atoms with Crippen molar-refractivity contribution in [1.82, 2.24) is 0 Å². The van der Waals surface area contributed by atoms with E-state index in [9.17, 15) is 4.79 Å². The normalized spacial score (nSPS) is 17.8. The zero-order chi connectivity index (χ0) is 11.5. The molecular weight excluding hydrogens is 222 g/mol. The maximum atomic E-state index is 11.0. The number of aliphatic carboxylic acids is 1. The molecule has 1 aliphatic heterocycles. The first-order valence-electron chi connectivity index (χ1n) is 5.33. The Labute approximate surface area is 99.0 Å². The van der Waals surface area contributed by atoms with E-state index in [1.807, 2.05) is 30.0 Å². The molecule has 2 rings (SSSR count). The molecule has 0 spiro atoms. The van der Waals surface area contributed by atoms with Gasteiger partial charge in [0, 0.05) is 24.0 Å². The molecule has 86 valence electrons. The first kappa shape index (κ1) is 11.5. The van der Waals surface area contributed by atoms with Gasteiger partial charge < -0.3 is 10.8 Å². The van der Waals surface area contributed by atoms with E-state index in [1.54, 1.807) is 0 Å². The van der Waals surface area contributed by atoms with Gasteiger partial charge in [-0.15, -0.1) is 0 Å². The highest BCUT2D eigenvalue weighted by Crippen LogP contribution is 2.34. The summed E-state index contributed by atoms with van der Waals surface area (Å²) in [6.45, 7) is 0.151.